The summed E-state index contributed by atoms with van der Waals surface area (Å²) in [6.07, 6.45) is 4.95. The van der Waals surface area contributed by atoms with Gasteiger partial charge in [-0.1, -0.05) is 40.2 Å². The van der Waals surface area contributed by atoms with Gasteiger partial charge in [0.25, 0.3) is 0 Å². The van der Waals surface area contributed by atoms with Crippen LogP contribution in [-0.2, 0) is 4.74 Å². The smallest absolute Gasteiger partial charge is 0.411 e. The average Bonchev–Trinajstić information content (AvgIpc) is 2.98. The number of allylic oxidation sites excluding steroid dienone is 2. The fourth-order valence-corrected chi connectivity index (χ4v) is 3.80. The molecule has 6 heteroatoms. The van der Waals surface area contributed by atoms with Gasteiger partial charge in [0.1, 0.15) is 6.17 Å². The molecule has 0 radical (unpaired) electrons. The van der Waals surface area contributed by atoms with Crippen molar-refractivity contribution in [3.05, 3.63) is 58.1 Å². The van der Waals surface area contributed by atoms with Crippen LogP contribution in [0.3, 0.4) is 0 Å². The van der Waals surface area contributed by atoms with Crippen LogP contribution in [0.1, 0.15) is 37.8 Å². The van der Waals surface area contributed by atoms with Gasteiger partial charge in [-0.2, -0.15) is 0 Å². The molecule has 1 aliphatic carbocycles. The van der Waals surface area contributed by atoms with E-state index in [4.69, 9.17) is 4.74 Å². The van der Waals surface area contributed by atoms with Crippen molar-refractivity contribution >= 4 is 22.0 Å². The minimum absolute atomic E-state index is 0.0182. The maximum Gasteiger partial charge on any atom is 0.411 e. The summed E-state index contributed by atoms with van der Waals surface area (Å²) in [5.41, 5.74) is 0.999. The molecule has 1 aromatic carbocycles. The predicted molar refractivity (Wildman–Crippen MR) is 102 cm³/mol. The standard InChI is InChI=1S/C20H23BrFNO3/c1-14(15-3-7-17(21)8-4-15)23-13-20(11-2-12-24,26-19(23)25)16-5-9-18(22)10-6-16/h3-9,14,18,24H,2,10-13H2,1H3/t14-,18?,20?/m0/s1. The predicted octanol–water partition coefficient (Wildman–Crippen LogP) is 4.70. The van der Waals surface area contributed by atoms with Crippen LogP contribution in [0.25, 0.3) is 0 Å². The molecule has 0 aromatic heterocycles. The minimum atomic E-state index is -0.997. The molecule has 1 heterocycles. The molecule has 1 fully saturated rings. The van der Waals surface area contributed by atoms with Crippen molar-refractivity contribution in [2.75, 3.05) is 13.2 Å². The first-order valence-electron chi connectivity index (χ1n) is 8.84. The maximum absolute atomic E-state index is 13.5. The molecule has 140 valence electrons. The van der Waals surface area contributed by atoms with Crippen molar-refractivity contribution in [1.29, 1.82) is 0 Å². The lowest BCUT2D eigenvalue weighted by atomic mass is 9.85. The first kappa shape index (κ1) is 19.1. The van der Waals surface area contributed by atoms with Gasteiger partial charge in [-0.3, -0.25) is 4.90 Å². The van der Waals surface area contributed by atoms with Crippen LogP contribution >= 0.6 is 15.9 Å². The lowest BCUT2D eigenvalue weighted by Gasteiger charge is -2.31. The molecule has 0 saturated carbocycles. The SMILES string of the molecule is C[C@@H](c1ccc(Br)cc1)N1CC(CCCO)(C2=CCC(F)C=C2)OC1=O. The second kappa shape index (κ2) is 7.92. The molecule has 3 atom stereocenters. The number of hydrogen-bond donors (Lipinski definition) is 1. The van der Waals surface area contributed by atoms with E-state index in [0.29, 0.717) is 19.4 Å². The summed E-state index contributed by atoms with van der Waals surface area (Å²) in [5, 5.41) is 9.27. The third-order valence-electron chi connectivity index (χ3n) is 5.08. The summed E-state index contributed by atoms with van der Waals surface area (Å²) in [5.74, 6) is 0. The summed E-state index contributed by atoms with van der Waals surface area (Å²) >= 11 is 3.42. The highest BCUT2D eigenvalue weighted by Gasteiger charge is 2.48. The lowest BCUT2D eigenvalue weighted by Crippen LogP contribution is -2.38. The summed E-state index contributed by atoms with van der Waals surface area (Å²) in [7, 11) is 0. The van der Waals surface area contributed by atoms with Gasteiger partial charge in [-0.05, 0) is 49.1 Å². The quantitative estimate of drug-likeness (QED) is 0.721. The summed E-state index contributed by atoms with van der Waals surface area (Å²) < 4.78 is 20.3. The Morgan fingerprint density at radius 3 is 2.77 bits per heavy atom. The van der Waals surface area contributed by atoms with Gasteiger partial charge in [0, 0.05) is 17.5 Å². The number of halogens is 2. The first-order valence-corrected chi connectivity index (χ1v) is 9.63. The van der Waals surface area contributed by atoms with E-state index < -0.39 is 11.8 Å². The van der Waals surface area contributed by atoms with E-state index in [9.17, 15) is 14.3 Å². The van der Waals surface area contributed by atoms with Crippen LogP contribution in [0.4, 0.5) is 9.18 Å². The van der Waals surface area contributed by atoms with Crippen LogP contribution in [0.5, 0.6) is 0 Å². The molecule has 1 aromatic rings. The van der Waals surface area contributed by atoms with E-state index in [1.54, 1.807) is 11.0 Å². The second-order valence-corrected chi connectivity index (χ2v) is 7.73. The van der Waals surface area contributed by atoms with Crippen LogP contribution in [0.15, 0.2) is 52.5 Å². The molecule has 1 aliphatic heterocycles. The molecule has 2 unspecified atom stereocenters. The zero-order valence-corrected chi connectivity index (χ0v) is 16.3. The Hall–Kier alpha value is -1.66. The summed E-state index contributed by atoms with van der Waals surface area (Å²) in [4.78, 5) is 14.4. The summed E-state index contributed by atoms with van der Waals surface area (Å²) in [6, 6.07) is 7.70. The number of alkyl halides is 1. The fraction of sp³-hybridized carbons (Fsp3) is 0.450. The average molecular weight is 424 g/mol. The summed E-state index contributed by atoms with van der Waals surface area (Å²) in [6.45, 7) is 2.37. The van der Waals surface area contributed by atoms with Crippen molar-refractivity contribution in [2.45, 2.75) is 44.0 Å². The van der Waals surface area contributed by atoms with Crippen molar-refractivity contribution in [3.63, 3.8) is 0 Å². The van der Waals surface area contributed by atoms with Gasteiger partial charge in [0.15, 0.2) is 5.60 Å². The molecular weight excluding hydrogens is 401 g/mol. The first-order chi connectivity index (χ1) is 12.4. The Morgan fingerprint density at radius 1 is 1.42 bits per heavy atom. The van der Waals surface area contributed by atoms with Gasteiger partial charge in [0.05, 0.1) is 12.6 Å². The maximum atomic E-state index is 13.5. The van der Waals surface area contributed by atoms with E-state index in [-0.39, 0.29) is 25.2 Å². The molecule has 1 saturated heterocycles. The number of cyclic esters (lactones) is 1. The molecule has 0 bridgehead atoms. The van der Waals surface area contributed by atoms with E-state index >= 15 is 0 Å². The number of carbonyl (C=O) groups is 1. The molecule has 1 amide bonds. The van der Waals surface area contributed by atoms with E-state index in [2.05, 4.69) is 15.9 Å². The van der Waals surface area contributed by atoms with Crippen molar-refractivity contribution < 1.29 is 19.0 Å². The zero-order chi connectivity index (χ0) is 18.7. The van der Waals surface area contributed by atoms with Gasteiger partial charge in [0.2, 0.25) is 0 Å². The van der Waals surface area contributed by atoms with Gasteiger partial charge in [-0.25, -0.2) is 9.18 Å². The Morgan fingerprint density at radius 2 is 2.15 bits per heavy atom. The monoisotopic (exact) mass is 423 g/mol. The Balaban J connectivity index is 1.85. The van der Waals surface area contributed by atoms with Crippen LogP contribution < -0.4 is 0 Å². The van der Waals surface area contributed by atoms with Crippen LogP contribution in [0, 0.1) is 0 Å². The molecule has 4 nitrogen and oxygen atoms in total. The number of hydrogen-bond acceptors (Lipinski definition) is 3. The topological polar surface area (TPSA) is 49.8 Å². The Labute approximate surface area is 161 Å². The number of amides is 1. The number of carbonyl (C=O) groups excluding carboxylic acids is 1. The Bertz CT molecular complexity index is 718. The largest absolute Gasteiger partial charge is 0.436 e. The third-order valence-corrected chi connectivity index (χ3v) is 5.60. The van der Waals surface area contributed by atoms with E-state index in [1.807, 2.05) is 37.3 Å². The normalized spacial score (nSPS) is 26.6. The van der Waals surface area contributed by atoms with Crippen molar-refractivity contribution in [1.82, 2.24) is 4.90 Å². The highest BCUT2D eigenvalue weighted by molar-refractivity contribution is 9.10. The zero-order valence-electron chi connectivity index (χ0n) is 14.7. The van der Waals surface area contributed by atoms with Gasteiger partial charge >= 0.3 is 6.09 Å². The number of aliphatic hydroxyl groups excluding tert-OH is 1. The lowest BCUT2D eigenvalue weighted by molar-refractivity contribution is 0.0733. The number of ether oxygens (including phenoxy) is 1. The number of nitrogens with zero attached hydrogens (tertiary/aromatic N) is 1. The molecule has 0 spiro atoms. The van der Waals surface area contributed by atoms with Gasteiger partial charge in [-0.15, -0.1) is 0 Å². The minimum Gasteiger partial charge on any atom is -0.436 e. The second-order valence-electron chi connectivity index (χ2n) is 6.82. The molecule has 2 aliphatic rings. The van der Waals surface area contributed by atoms with Gasteiger partial charge < -0.3 is 9.84 Å². The highest BCUT2D eigenvalue weighted by Crippen LogP contribution is 2.40. The Kier molecular flexibility index (Phi) is 5.82. The molecule has 1 N–H and O–H groups in total. The number of rotatable bonds is 6. The van der Waals surface area contributed by atoms with Crippen LogP contribution in [0.2, 0.25) is 0 Å². The van der Waals surface area contributed by atoms with E-state index in [1.165, 1.54) is 6.08 Å². The van der Waals surface area contributed by atoms with Crippen molar-refractivity contribution in [2.24, 2.45) is 0 Å². The van der Waals surface area contributed by atoms with E-state index in [0.717, 1.165) is 15.6 Å². The highest BCUT2D eigenvalue weighted by atomic mass is 79.9. The molecule has 3 rings (SSSR count). The number of aliphatic hydroxyl groups is 1. The molecular formula is C20H23BrFNO3. The number of benzene rings is 1. The third kappa shape index (κ3) is 3.86. The fourth-order valence-electron chi connectivity index (χ4n) is 3.54. The van der Waals surface area contributed by atoms with Crippen molar-refractivity contribution in [3.8, 4) is 0 Å². The molecule has 26 heavy (non-hydrogen) atoms. The van der Waals surface area contributed by atoms with Crippen LogP contribution in [-0.4, -0.2) is 41.0 Å².